The zero-order valence-electron chi connectivity index (χ0n) is 13.6. The van der Waals surface area contributed by atoms with E-state index in [0.717, 1.165) is 11.0 Å². The van der Waals surface area contributed by atoms with Crippen molar-refractivity contribution >= 4 is 22.7 Å². The highest BCUT2D eigenvalue weighted by Gasteiger charge is 2.29. The number of halogens is 3. The average Bonchev–Trinajstić information content (AvgIpc) is 3.08. The fourth-order valence-electron chi connectivity index (χ4n) is 2.79. The Morgan fingerprint density at radius 1 is 1.32 bits per heavy atom. The summed E-state index contributed by atoms with van der Waals surface area (Å²) >= 11 is 0. The molecule has 3 aromatic rings. The van der Waals surface area contributed by atoms with Crippen LogP contribution >= 0.6 is 0 Å². The molecule has 2 heterocycles. The zero-order valence-corrected chi connectivity index (χ0v) is 13.6. The van der Waals surface area contributed by atoms with Gasteiger partial charge in [0.2, 0.25) is 0 Å². The lowest BCUT2D eigenvalue weighted by molar-refractivity contribution is -0.141. The van der Waals surface area contributed by atoms with Crippen LogP contribution in [0.3, 0.4) is 0 Å². The summed E-state index contributed by atoms with van der Waals surface area (Å²) in [6.45, 7) is 2.17. The second kappa shape index (κ2) is 6.13. The SMILES string of the molecule is Cc1cc(/C=C(\C#N)c2nc3ccccc3[nH]2)c(C)n1CC(F)(F)F. The Bertz CT molecular complexity index is 967. The molecule has 0 atom stereocenters. The van der Waals surface area contributed by atoms with E-state index in [4.69, 9.17) is 0 Å². The molecule has 2 aromatic heterocycles. The second-order valence-corrected chi connectivity index (χ2v) is 5.80. The Labute approximate surface area is 142 Å². The van der Waals surface area contributed by atoms with Gasteiger partial charge in [0, 0.05) is 11.4 Å². The number of aromatic nitrogens is 3. The molecule has 0 saturated heterocycles. The summed E-state index contributed by atoms with van der Waals surface area (Å²) < 4.78 is 39.4. The molecule has 7 heteroatoms. The Balaban J connectivity index is 2.03. The maximum atomic E-state index is 12.7. The topological polar surface area (TPSA) is 57.4 Å². The van der Waals surface area contributed by atoms with E-state index in [-0.39, 0.29) is 5.57 Å². The molecule has 3 rings (SSSR count). The number of aryl methyl sites for hydroxylation is 1. The molecule has 0 amide bonds. The molecule has 0 saturated carbocycles. The fraction of sp³-hybridized carbons (Fsp3) is 0.222. The van der Waals surface area contributed by atoms with Crippen molar-refractivity contribution in [1.29, 1.82) is 5.26 Å². The maximum absolute atomic E-state index is 12.7. The van der Waals surface area contributed by atoms with Gasteiger partial charge in [0.05, 0.1) is 16.6 Å². The maximum Gasteiger partial charge on any atom is 0.406 e. The number of hydrogen-bond donors (Lipinski definition) is 1. The first kappa shape index (κ1) is 16.8. The lowest BCUT2D eigenvalue weighted by Gasteiger charge is -2.12. The number of rotatable bonds is 3. The number of fused-ring (bicyclic) bond motifs is 1. The molecular formula is C18H15F3N4. The van der Waals surface area contributed by atoms with Gasteiger partial charge in [-0.05, 0) is 43.7 Å². The molecule has 4 nitrogen and oxygen atoms in total. The number of para-hydroxylation sites is 2. The standard InChI is InChI=1S/C18H15F3N4/c1-11-7-13(12(2)25(11)10-18(19,20)21)8-14(9-22)17-23-15-5-3-4-6-16(15)24-17/h3-8H,10H2,1-2H3,(H,23,24)/b14-8+. The van der Waals surface area contributed by atoms with Crippen LogP contribution in [0.25, 0.3) is 22.7 Å². The molecule has 0 unspecified atom stereocenters. The minimum Gasteiger partial charge on any atom is -0.340 e. The number of nitriles is 1. The molecule has 0 radical (unpaired) electrons. The molecule has 1 N–H and O–H groups in total. The van der Waals surface area contributed by atoms with Gasteiger partial charge >= 0.3 is 6.18 Å². The molecule has 0 spiro atoms. The van der Waals surface area contributed by atoms with Crippen LogP contribution in [0.5, 0.6) is 0 Å². The van der Waals surface area contributed by atoms with Crippen LogP contribution in [0.2, 0.25) is 0 Å². The van der Waals surface area contributed by atoms with Crippen LogP contribution in [-0.4, -0.2) is 20.7 Å². The van der Waals surface area contributed by atoms with Crippen LogP contribution in [0, 0.1) is 25.2 Å². The number of alkyl halides is 3. The molecule has 0 fully saturated rings. The molecule has 25 heavy (non-hydrogen) atoms. The third-order valence-corrected chi connectivity index (χ3v) is 4.01. The summed E-state index contributed by atoms with van der Waals surface area (Å²) in [6.07, 6.45) is -2.74. The van der Waals surface area contributed by atoms with Crippen molar-refractivity contribution in [3.63, 3.8) is 0 Å². The third kappa shape index (κ3) is 3.43. The van der Waals surface area contributed by atoms with Gasteiger partial charge < -0.3 is 9.55 Å². The largest absolute Gasteiger partial charge is 0.406 e. The third-order valence-electron chi connectivity index (χ3n) is 4.01. The first-order valence-electron chi connectivity index (χ1n) is 7.59. The summed E-state index contributed by atoms with van der Waals surface area (Å²) in [5.74, 6) is 0.393. The van der Waals surface area contributed by atoms with Crippen molar-refractivity contribution in [1.82, 2.24) is 14.5 Å². The number of allylic oxidation sites excluding steroid dienone is 1. The van der Waals surface area contributed by atoms with E-state index >= 15 is 0 Å². The molecule has 0 aliphatic heterocycles. The highest BCUT2D eigenvalue weighted by atomic mass is 19.4. The van der Waals surface area contributed by atoms with Gasteiger partial charge in [-0.15, -0.1) is 0 Å². The van der Waals surface area contributed by atoms with Crippen molar-refractivity contribution in [3.8, 4) is 6.07 Å². The van der Waals surface area contributed by atoms with Gasteiger partial charge in [-0.25, -0.2) is 4.98 Å². The number of hydrogen-bond acceptors (Lipinski definition) is 2. The van der Waals surface area contributed by atoms with Crippen molar-refractivity contribution in [2.24, 2.45) is 0 Å². The Morgan fingerprint density at radius 3 is 2.68 bits per heavy atom. The number of H-pyrrole nitrogens is 1. The summed E-state index contributed by atoms with van der Waals surface area (Å²) in [7, 11) is 0. The summed E-state index contributed by atoms with van der Waals surface area (Å²) in [5.41, 5.74) is 3.30. The Kier molecular flexibility index (Phi) is 4.13. The summed E-state index contributed by atoms with van der Waals surface area (Å²) in [4.78, 5) is 7.42. The van der Waals surface area contributed by atoms with Crippen molar-refractivity contribution < 1.29 is 13.2 Å². The number of aromatic amines is 1. The predicted molar refractivity (Wildman–Crippen MR) is 89.5 cm³/mol. The number of benzene rings is 1. The second-order valence-electron chi connectivity index (χ2n) is 5.80. The summed E-state index contributed by atoms with van der Waals surface area (Å²) in [6, 6.07) is 11.1. The van der Waals surface area contributed by atoms with Gasteiger partial charge in [0.25, 0.3) is 0 Å². The zero-order chi connectivity index (χ0) is 18.2. The monoisotopic (exact) mass is 344 g/mol. The van der Waals surface area contributed by atoms with E-state index in [1.54, 1.807) is 26.0 Å². The number of nitrogens with zero attached hydrogens (tertiary/aromatic N) is 3. The Hall–Kier alpha value is -3.01. The van der Waals surface area contributed by atoms with Crippen LogP contribution in [0.4, 0.5) is 13.2 Å². The van der Waals surface area contributed by atoms with Crippen LogP contribution < -0.4 is 0 Å². The van der Waals surface area contributed by atoms with Gasteiger partial charge in [0.15, 0.2) is 0 Å². The highest BCUT2D eigenvalue weighted by molar-refractivity contribution is 5.90. The van der Waals surface area contributed by atoms with Crippen molar-refractivity contribution in [2.75, 3.05) is 0 Å². The molecule has 1 aromatic carbocycles. The molecule has 0 aliphatic carbocycles. The predicted octanol–water partition coefficient (Wildman–Crippen LogP) is 4.61. The first-order chi connectivity index (χ1) is 11.8. The summed E-state index contributed by atoms with van der Waals surface area (Å²) in [5, 5.41) is 9.45. The fourth-order valence-corrected chi connectivity index (χ4v) is 2.79. The number of nitrogens with one attached hydrogen (secondary N) is 1. The van der Waals surface area contributed by atoms with Crippen molar-refractivity contribution in [2.45, 2.75) is 26.6 Å². The normalized spacial score (nSPS) is 12.6. The lowest BCUT2D eigenvalue weighted by Crippen LogP contribution is -2.19. The van der Waals surface area contributed by atoms with E-state index < -0.39 is 12.7 Å². The number of imidazole rings is 1. The lowest BCUT2D eigenvalue weighted by atomic mass is 10.1. The minimum atomic E-state index is -4.30. The van der Waals surface area contributed by atoms with Crippen molar-refractivity contribution in [3.05, 3.63) is 53.1 Å². The first-order valence-corrected chi connectivity index (χ1v) is 7.59. The van der Waals surface area contributed by atoms with Gasteiger partial charge in [0.1, 0.15) is 18.4 Å². The van der Waals surface area contributed by atoms with Crippen LogP contribution in [0.1, 0.15) is 22.8 Å². The molecule has 128 valence electrons. The molecule has 0 aliphatic rings. The Morgan fingerprint density at radius 2 is 2.04 bits per heavy atom. The smallest absolute Gasteiger partial charge is 0.340 e. The highest BCUT2D eigenvalue weighted by Crippen LogP contribution is 2.26. The quantitative estimate of drug-likeness (QED) is 0.706. The van der Waals surface area contributed by atoms with Gasteiger partial charge in [-0.2, -0.15) is 18.4 Å². The molecular weight excluding hydrogens is 329 g/mol. The minimum absolute atomic E-state index is 0.267. The van der Waals surface area contributed by atoms with Crippen LogP contribution in [0.15, 0.2) is 30.3 Å². The van der Waals surface area contributed by atoms with E-state index in [1.807, 2.05) is 24.3 Å². The van der Waals surface area contributed by atoms with Crippen LogP contribution in [-0.2, 0) is 6.54 Å². The molecule has 0 bridgehead atoms. The van der Waals surface area contributed by atoms with E-state index in [0.29, 0.717) is 22.8 Å². The van der Waals surface area contributed by atoms with Gasteiger partial charge in [-0.3, -0.25) is 0 Å². The van der Waals surface area contributed by atoms with E-state index in [9.17, 15) is 18.4 Å². The average molecular weight is 344 g/mol. The van der Waals surface area contributed by atoms with Gasteiger partial charge in [-0.1, -0.05) is 12.1 Å². The van der Waals surface area contributed by atoms with E-state index in [1.165, 1.54) is 4.57 Å². The van der Waals surface area contributed by atoms with E-state index in [2.05, 4.69) is 16.0 Å².